The fourth-order valence-corrected chi connectivity index (χ4v) is 2.81. The third kappa shape index (κ3) is 2.05. The Morgan fingerprint density at radius 1 is 1.00 bits per heavy atom. The van der Waals surface area contributed by atoms with Gasteiger partial charge >= 0.3 is 0 Å². The van der Waals surface area contributed by atoms with Crippen LogP contribution in [0.4, 0.5) is 0 Å². The molecule has 2 heteroatoms. The Labute approximate surface area is 115 Å². The van der Waals surface area contributed by atoms with Gasteiger partial charge < -0.3 is 4.98 Å². The molecular weight excluding hydrogens is 286 g/mol. The Bertz CT molecular complexity index is 697. The molecule has 1 heterocycles. The zero-order valence-electron chi connectivity index (χ0n) is 10.5. The Kier molecular flexibility index (Phi) is 3.13. The Hall–Kier alpha value is -1.28. The minimum atomic E-state index is 1.13. The highest BCUT2D eigenvalue weighted by molar-refractivity contribution is 9.10. The van der Waals surface area contributed by atoms with Crippen molar-refractivity contribution >= 4 is 37.7 Å². The molecule has 0 aliphatic carbocycles. The van der Waals surface area contributed by atoms with Crippen LogP contribution < -0.4 is 0 Å². The summed E-state index contributed by atoms with van der Waals surface area (Å²) < 4.78 is 1.13. The minimum absolute atomic E-state index is 1.13. The molecule has 1 N–H and O–H groups in total. The normalized spacial score (nSPS) is 11.4. The van der Waals surface area contributed by atoms with Crippen LogP contribution in [0.25, 0.3) is 21.8 Å². The van der Waals surface area contributed by atoms with Crippen molar-refractivity contribution in [3.63, 3.8) is 0 Å². The summed E-state index contributed by atoms with van der Waals surface area (Å²) in [6.45, 7) is 2.24. The van der Waals surface area contributed by atoms with Gasteiger partial charge in [-0.25, -0.2) is 0 Å². The van der Waals surface area contributed by atoms with E-state index in [1.165, 1.54) is 46.6 Å². The molecule has 3 aromatic rings. The number of aryl methyl sites for hydroxylation is 1. The lowest BCUT2D eigenvalue weighted by Crippen LogP contribution is -1.83. The van der Waals surface area contributed by atoms with Crippen molar-refractivity contribution in [3.8, 4) is 0 Å². The van der Waals surface area contributed by atoms with Crippen LogP contribution in [0.5, 0.6) is 0 Å². The summed E-state index contributed by atoms with van der Waals surface area (Å²) >= 11 is 3.55. The van der Waals surface area contributed by atoms with Gasteiger partial charge in [0.15, 0.2) is 0 Å². The van der Waals surface area contributed by atoms with Gasteiger partial charge in [0.25, 0.3) is 0 Å². The number of H-pyrrole nitrogens is 1. The molecule has 0 fully saturated rings. The van der Waals surface area contributed by atoms with E-state index < -0.39 is 0 Å². The van der Waals surface area contributed by atoms with E-state index in [1.54, 1.807) is 0 Å². The highest BCUT2D eigenvalue weighted by Crippen LogP contribution is 2.29. The molecule has 0 unspecified atom stereocenters. The minimum Gasteiger partial charge on any atom is -0.355 e. The summed E-state index contributed by atoms with van der Waals surface area (Å²) in [6.07, 6.45) is 3.68. The number of hydrogen-bond acceptors (Lipinski definition) is 0. The van der Waals surface area contributed by atoms with Crippen molar-refractivity contribution in [2.24, 2.45) is 0 Å². The monoisotopic (exact) mass is 301 g/mol. The molecule has 0 saturated heterocycles. The summed E-state index contributed by atoms with van der Waals surface area (Å²) in [7, 11) is 0. The first-order chi connectivity index (χ1) is 8.78. The molecular formula is C16H16BrN. The van der Waals surface area contributed by atoms with E-state index in [4.69, 9.17) is 0 Å². The van der Waals surface area contributed by atoms with Gasteiger partial charge in [-0.1, -0.05) is 35.3 Å². The summed E-state index contributed by atoms with van der Waals surface area (Å²) in [5.41, 5.74) is 3.87. The van der Waals surface area contributed by atoms with E-state index in [0.29, 0.717) is 0 Å². The predicted octanol–water partition coefficient (Wildman–Crippen LogP) is 5.43. The number of aromatic nitrogens is 1. The first kappa shape index (κ1) is 11.8. The van der Waals surface area contributed by atoms with Crippen molar-refractivity contribution in [1.29, 1.82) is 0 Å². The molecule has 0 atom stereocenters. The van der Waals surface area contributed by atoms with Crippen LogP contribution in [0.3, 0.4) is 0 Å². The van der Waals surface area contributed by atoms with Gasteiger partial charge in [0.2, 0.25) is 0 Å². The van der Waals surface area contributed by atoms with E-state index in [2.05, 4.69) is 64.2 Å². The molecule has 0 aliphatic rings. The van der Waals surface area contributed by atoms with Gasteiger partial charge in [-0.05, 0) is 48.7 Å². The van der Waals surface area contributed by atoms with E-state index in [9.17, 15) is 0 Å². The lowest BCUT2D eigenvalue weighted by atomic mass is 10.1. The third-order valence-corrected chi connectivity index (χ3v) is 3.94. The van der Waals surface area contributed by atoms with Crippen LogP contribution in [0.2, 0.25) is 0 Å². The van der Waals surface area contributed by atoms with Crippen molar-refractivity contribution in [3.05, 3.63) is 46.4 Å². The average Bonchev–Trinajstić information content (AvgIpc) is 2.74. The second kappa shape index (κ2) is 4.77. The van der Waals surface area contributed by atoms with Crippen molar-refractivity contribution in [2.45, 2.75) is 26.2 Å². The lowest BCUT2D eigenvalue weighted by molar-refractivity contribution is 0.796. The molecule has 92 valence electrons. The summed E-state index contributed by atoms with van der Waals surface area (Å²) in [4.78, 5) is 3.47. The maximum absolute atomic E-state index is 3.55. The van der Waals surface area contributed by atoms with Crippen LogP contribution in [-0.4, -0.2) is 4.98 Å². The van der Waals surface area contributed by atoms with Gasteiger partial charge in [-0.2, -0.15) is 0 Å². The standard InChI is InChI=1S/C16H16BrN/c1-2-3-4-11-5-7-15-13(9-11)14-10-12(17)6-8-16(14)18-15/h5-10,18H,2-4H2,1H3. The SMILES string of the molecule is CCCCc1ccc2[nH]c3ccc(Br)cc3c2c1. The van der Waals surface area contributed by atoms with Gasteiger partial charge in [0.1, 0.15) is 0 Å². The number of fused-ring (bicyclic) bond motifs is 3. The van der Waals surface area contributed by atoms with E-state index >= 15 is 0 Å². The van der Waals surface area contributed by atoms with Crippen molar-refractivity contribution in [2.75, 3.05) is 0 Å². The van der Waals surface area contributed by atoms with E-state index in [-0.39, 0.29) is 0 Å². The second-order valence-corrected chi connectivity index (χ2v) is 5.71. The molecule has 1 aromatic heterocycles. The maximum Gasteiger partial charge on any atom is 0.0465 e. The van der Waals surface area contributed by atoms with Crippen LogP contribution >= 0.6 is 15.9 Å². The average molecular weight is 302 g/mol. The Morgan fingerprint density at radius 3 is 2.50 bits per heavy atom. The topological polar surface area (TPSA) is 15.8 Å². The summed E-state index contributed by atoms with van der Waals surface area (Å²) in [5.74, 6) is 0. The maximum atomic E-state index is 3.55. The van der Waals surface area contributed by atoms with E-state index in [1.807, 2.05) is 0 Å². The second-order valence-electron chi connectivity index (χ2n) is 4.80. The zero-order chi connectivity index (χ0) is 12.5. The molecule has 1 nitrogen and oxygen atoms in total. The highest BCUT2D eigenvalue weighted by atomic mass is 79.9. The third-order valence-electron chi connectivity index (χ3n) is 3.44. The number of hydrogen-bond donors (Lipinski definition) is 1. The Balaban J connectivity index is 2.18. The van der Waals surface area contributed by atoms with E-state index in [0.717, 1.165) is 4.47 Å². The van der Waals surface area contributed by atoms with Crippen LogP contribution in [0, 0.1) is 0 Å². The van der Waals surface area contributed by atoms with Gasteiger partial charge in [-0.3, -0.25) is 0 Å². The molecule has 0 saturated carbocycles. The summed E-state index contributed by atoms with van der Waals surface area (Å²) in [6, 6.07) is 13.2. The molecule has 0 bridgehead atoms. The molecule has 3 rings (SSSR count). The number of aromatic amines is 1. The molecule has 0 spiro atoms. The number of unbranched alkanes of at least 4 members (excludes halogenated alkanes) is 1. The molecule has 2 aromatic carbocycles. The van der Waals surface area contributed by atoms with Gasteiger partial charge in [0, 0.05) is 26.3 Å². The molecule has 0 radical (unpaired) electrons. The number of rotatable bonds is 3. The summed E-state index contributed by atoms with van der Waals surface area (Å²) in [5, 5.41) is 2.64. The highest BCUT2D eigenvalue weighted by Gasteiger charge is 2.05. The number of halogens is 1. The van der Waals surface area contributed by atoms with Crippen LogP contribution in [0.1, 0.15) is 25.3 Å². The largest absolute Gasteiger partial charge is 0.355 e. The molecule has 18 heavy (non-hydrogen) atoms. The zero-order valence-corrected chi connectivity index (χ0v) is 12.0. The fraction of sp³-hybridized carbons (Fsp3) is 0.250. The smallest absolute Gasteiger partial charge is 0.0465 e. The van der Waals surface area contributed by atoms with Gasteiger partial charge in [-0.15, -0.1) is 0 Å². The first-order valence-electron chi connectivity index (χ1n) is 6.48. The lowest BCUT2D eigenvalue weighted by Gasteiger charge is -2.00. The number of benzene rings is 2. The fourth-order valence-electron chi connectivity index (χ4n) is 2.45. The quantitative estimate of drug-likeness (QED) is 0.664. The van der Waals surface area contributed by atoms with Crippen molar-refractivity contribution < 1.29 is 0 Å². The first-order valence-corrected chi connectivity index (χ1v) is 7.27. The van der Waals surface area contributed by atoms with Gasteiger partial charge in [0.05, 0.1) is 0 Å². The Morgan fingerprint density at radius 2 is 1.72 bits per heavy atom. The number of nitrogens with one attached hydrogen (secondary N) is 1. The predicted molar refractivity (Wildman–Crippen MR) is 82.1 cm³/mol. The van der Waals surface area contributed by atoms with Crippen molar-refractivity contribution in [1.82, 2.24) is 4.98 Å². The molecule has 0 amide bonds. The van der Waals surface area contributed by atoms with Crippen LogP contribution in [-0.2, 0) is 6.42 Å². The molecule has 0 aliphatic heterocycles. The van der Waals surface area contributed by atoms with Crippen LogP contribution in [0.15, 0.2) is 40.9 Å².